The highest BCUT2D eigenvalue weighted by atomic mass is 32.2. The molecule has 3 aromatic carbocycles. The fourth-order valence-electron chi connectivity index (χ4n) is 3.29. The molecule has 3 aromatic rings. The summed E-state index contributed by atoms with van der Waals surface area (Å²) in [6, 6.07) is 18.1. The molecule has 1 N–H and O–H groups in total. The van der Waals surface area contributed by atoms with E-state index in [9.17, 15) is 13.2 Å². The van der Waals surface area contributed by atoms with Crippen LogP contribution in [0, 0.1) is 6.92 Å². The standard InChI is InChI=1S/C26H29N3O6S/c1-5-35-22-12-14-24(15-13-22)36(31,32)29(21-9-6-19(2)7-10-21)18-26(30)28-27-17-20-8-11-23(33-3)16-25(20)34-4/h6-17H,5,18H2,1-4H3,(H,28,30)/b27-17-. The third kappa shape index (κ3) is 6.54. The Morgan fingerprint density at radius 2 is 1.64 bits per heavy atom. The highest BCUT2D eigenvalue weighted by Gasteiger charge is 2.27. The van der Waals surface area contributed by atoms with E-state index in [2.05, 4.69) is 10.5 Å². The van der Waals surface area contributed by atoms with Crippen molar-refractivity contribution in [3.8, 4) is 17.2 Å². The molecule has 36 heavy (non-hydrogen) atoms. The summed E-state index contributed by atoms with van der Waals surface area (Å²) in [6.45, 7) is 3.72. The summed E-state index contributed by atoms with van der Waals surface area (Å²) >= 11 is 0. The fraction of sp³-hybridized carbons (Fsp3) is 0.231. The molecular formula is C26H29N3O6S. The van der Waals surface area contributed by atoms with Gasteiger partial charge in [-0.1, -0.05) is 17.7 Å². The lowest BCUT2D eigenvalue weighted by Gasteiger charge is -2.24. The molecule has 0 saturated carbocycles. The maximum Gasteiger partial charge on any atom is 0.264 e. The molecule has 0 heterocycles. The second kappa shape index (κ2) is 12.1. The van der Waals surface area contributed by atoms with Crippen molar-refractivity contribution in [1.29, 1.82) is 0 Å². The summed E-state index contributed by atoms with van der Waals surface area (Å²) < 4.78 is 43.9. The topological polar surface area (TPSA) is 107 Å². The first-order valence-electron chi connectivity index (χ1n) is 11.1. The number of hydrogen-bond donors (Lipinski definition) is 1. The van der Waals surface area contributed by atoms with Crippen molar-refractivity contribution in [2.45, 2.75) is 18.7 Å². The number of carbonyl (C=O) groups excluding carboxylic acids is 1. The van der Waals surface area contributed by atoms with Gasteiger partial charge in [0.1, 0.15) is 23.8 Å². The van der Waals surface area contributed by atoms with Gasteiger partial charge in [-0.05, 0) is 62.4 Å². The molecular weight excluding hydrogens is 482 g/mol. The van der Waals surface area contributed by atoms with Gasteiger partial charge in [-0.2, -0.15) is 5.10 Å². The molecule has 0 saturated heterocycles. The second-order valence-corrected chi connectivity index (χ2v) is 9.52. The Morgan fingerprint density at radius 1 is 0.972 bits per heavy atom. The van der Waals surface area contributed by atoms with Crippen molar-refractivity contribution in [3.05, 3.63) is 77.9 Å². The van der Waals surface area contributed by atoms with Crippen molar-refractivity contribution >= 4 is 27.8 Å². The van der Waals surface area contributed by atoms with Gasteiger partial charge in [0.25, 0.3) is 15.9 Å². The number of aryl methyl sites for hydroxylation is 1. The third-order valence-corrected chi connectivity index (χ3v) is 6.95. The zero-order valence-corrected chi connectivity index (χ0v) is 21.4. The van der Waals surface area contributed by atoms with Crippen LogP contribution in [0.4, 0.5) is 5.69 Å². The van der Waals surface area contributed by atoms with Crippen LogP contribution in [0.15, 0.2) is 76.7 Å². The van der Waals surface area contributed by atoms with Crippen LogP contribution in [0.3, 0.4) is 0 Å². The molecule has 0 aliphatic carbocycles. The van der Waals surface area contributed by atoms with Crippen LogP contribution < -0.4 is 23.9 Å². The highest BCUT2D eigenvalue weighted by Crippen LogP contribution is 2.26. The number of sulfonamides is 1. The van der Waals surface area contributed by atoms with Crippen LogP contribution in [0.25, 0.3) is 0 Å². The minimum Gasteiger partial charge on any atom is -0.497 e. The first-order chi connectivity index (χ1) is 17.3. The Hall–Kier alpha value is -4.05. The van der Waals surface area contributed by atoms with Crippen molar-refractivity contribution in [2.75, 3.05) is 31.7 Å². The average Bonchev–Trinajstić information content (AvgIpc) is 2.88. The molecule has 9 nitrogen and oxygen atoms in total. The van der Waals surface area contributed by atoms with E-state index in [0.717, 1.165) is 9.87 Å². The van der Waals surface area contributed by atoms with Crippen molar-refractivity contribution in [1.82, 2.24) is 5.43 Å². The first kappa shape index (κ1) is 26.6. The number of nitrogens with one attached hydrogen (secondary N) is 1. The smallest absolute Gasteiger partial charge is 0.264 e. The molecule has 0 aliphatic heterocycles. The maximum atomic E-state index is 13.5. The van der Waals surface area contributed by atoms with Gasteiger partial charge in [-0.3, -0.25) is 9.10 Å². The van der Waals surface area contributed by atoms with Crippen LogP contribution >= 0.6 is 0 Å². The number of ether oxygens (including phenoxy) is 3. The molecule has 0 radical (unpaired) electrons. The third-order valence-electron chi connectivity index (χ3n) is 5.17. The lowest BCUT2D eigenvalue weighted by Crippen LogP contribution is -2.39. The van der Waals surface area contributed by atoms with E-state index in [0.29, 0.717) is 35.1 Å². The van der Waals surface area contributed by atoms with Crippen LogP contribution in [-0.4, -0.2) is 47.9 Å². The van der Waals surface area contributed by atoms with Crippen LogP contribution in [0.2, 0.25) is 0 Å². The number of methoxy groups -OCH3 is 2. The van der Waals surface area contributed by atoms with E-state index in [4.69, 9.17) is 14.2 Å². The quantitative estimate of drug-likeness (QED) is 0.310. The summed E-state index contributed by atoms with van der Waals surface area (Å²) in [4.78, 5) is 12.8. The van der Waals surface area contributed by atoms with Gasteiger partial charge in [0.15, 0.2) is 0 Å². The average molecular weight is 512 g/mol. The SMILES string of the molecule is CCOc1ccc(S(=O)(=O)N(CC(=O)N/N=C\c2ccc(OC)cc2OC)c2ccc(C)cc2)cc1. The number of anilines is 1. The first-order valence-corrected chi connectivity index (χ1v) is 12.6. The molecule has 3 rings (SSSR count). The van der Waals surface area contributed by atoms with Crippen LogP contribution in [0.1, 0.15) is 18.1 Å². The highest BCUT2D eigenvalue weighted by molar-refractivity contribution is 7.92. The van der Waals surface area contributed by atoms with Crippen molar-refractivity contribution in [3.63, 3.8) is 0 Å². The molecule has 0 aliphatic rings. The molecule has 0 bridgehead atoms. The number of carbonyl (C=O) groups is 1. The number of nitrogens with zero attached hydrogens (tertiary/aromatic N) is 2. The monoisotopic (exact) mass is 511 g/mol. The Labute approximate surface area is 211 Å². The van der Waals surface area contributed by atoms with E-state index in [1.165, 1.54) is 25.5 Å². The minimum absolute atomic E-state index is 0.0331. The Balaban J connectivity index is 1.82. The lowest BCUT2D eigenvalue weighted by atomic mass is 10.2. The number of rotatable bonds is 11. The Bertz CT molecular complexity index is 1310. The largest absolute Gasteiger partial charge is 0.497 e. The van der Waals surface area contributed by atoms with E-state index < -0.39 is 22.5 Å². The van der Waals surface area contributed by atoms with Gasteiger partial charge in [0, 0.05) is 11.6 Å². The minimum atomic E-state index is -4.06. The van der Waals surface area contributed by atoms with Crippen LogP contribution in [0.5, 0.6) is 17.2 Å². The van der Waals surface area contributed by atoms with E-state index in [-0.39, 0.29) is 4.90 Å². The molecule has 0 unspecified atom stereocenters. The van der Waals surface area contributed by atoms with Gasteiger partial charge in [0.2, 0.25) is 0 Å². The van der Waals surface area contributed by atoms with Gasteiger partial charge in [-0.25, -0.2) is 13.8 Å². The van der Waals surface area contributed by atoms with Gasteiger partial charge >= 0.3 is 0 Å². The lowest BCUT2D eigenvalue weighted by molar-refractivity contribution is -0.119. The van der Waals surface area contributed by atoms with Gasteiger partial charge in [-0.15, -0.1) is 0 Å². The summed E-state index contributed by atoms with van der Waals surface area (Å²) in [5.41, 5.74) is 4.31. The van der Waals surface area contributed by atoms with Crippen LogP contribution in [-0.2, 0) is 14.8 Å². The number of amides is 1. The van der Waals surface area contributed by atoms with Crippen molar-refractivity contribution < 1.29 is 27.4 Å². The summed E-state index contributed by atoms with van der Waals surface area (Å²) in [7, 11) is -1.00. The van der Waals surface area contributed by atoms with Crippen molar-refractivity contribution in [2.24, 2.45) is 5.10 Å². The maximum absolute atomic E-state index is 13.5. The molecule has 0 fully saturated rings. The van der Waals surface area contributed by atoms with E-state index >= 15 is 0 Å². The zero-order valence-electron chi connectivity index (χ0n) is 20.6. The van der Waals surface area contributed by atoms with E-state index in [1.807, 2.05) is 13.8 Å². The number of hydrazone groups is 1. The summed E-state index contributed by atoms with van der Waals surface area (Å²) in [5, 5.41) is 3.97. The summed E-state index contributed by atoms with van der Waals surface area (Å²) in [6.07, 6.45) is 1.41. The second-order valence-electron chi connectivity index (χ2n) is 7.65. The predicted octanol–water partition coefficient (Wildman–Crippen LogP) is 3.76. The Kier molecular flexibility index (Phi) is 8.91. The molecule has 190 valence electrons. The molecule has 10 heteroatoms. The summed E-state index contributed by atoms with van der Waals surface area (Å²) in [5.74, 6) is 1.06. The molecule has 1 amide bonds. The van der Waals surface area contributed by atoms with Gasteiger partial charge in [0.05, 0.1) is 37.6 Å². The molecule has 0 atom stereocenters. The molecule has 0 spiro atoms. The fourth-order valence-corrected chi connectivity index (χ4v) is 4.71. The Morgan fingerprint density at radius 3 is 2.25 bits per heavy atom. The zero-order chi connectivity index (χ0) is 26.1. The number of benzene rings is 3. The van der Waals surface area contributed by atoms with E-state index in [1.54, 1.807) is 61.7 Å². The predicted molar refractivity (Wildman–Crippen MR) is 139 cm³/mol. The van der Waals surface area contributed by atoms with Gasteiger partial charge < -0.3 is 14.2 Å². The normalized spacial score (nSPS) is 11.2. The molecule has 0 aromatic heterocycles. The number of hydrogen-bond acceptors (Lipinski definition) is 7.